The van der Waals surface area contributed by atoms with E-state index in [-0.39, 0.29) is 0 Å². The molecule has 1 aliphatic rings. The highest BCUT2D eigenvalue weighted by atomic mass is 16.3. The fourth-order valence-electron chi connectivity index (χ4n) is 2.53. The summed E-state index contributed by atoms with van der Waals surface area (Å²) in [5.74, 6) is 0.350. The van der Waals surface area contributed by atoms with Crippen LogP contribution in [-0.4, -0.2) is 5.11 Å². The van der Waals surface area contributed by atoms with Gasteiger partial charge >= 0.3 is 0 Å². The molecule has 0 saturated carbocycles. The molecule has 2 rings (SSSR count). The standard InChI is InChI=1S/C13H19NO/c1-13(2,14)12-10-6-4-3-5-9(10)7-8-11(12)15/h7-8,15H,3-6,14H2,1-2H3. The summed E-state index contributed by atoms with van der Waals surface area (Å²) in [6.07, 6.45) is 4.64. The Bertz CT molecular complexity index is 377. The summed E-state index contributed by atoms with van der Waals surface area (Å²) in [4.78, 5) is 0. The number of rotatable bonds is 1. The average Bonchev–Trinajstić information content (AvgIpc) is 2.15. The lowest BCUT2D eigenvalue weighted by Crippen LogP contribution is -2.31. The minimum Gasteiger partial charge on any atom is -0.508 e. The number of aryl methyl sites for hydroxylation is 1. The summed E-state index contributed by atoms with van der Waals surface area (Å²) in [5.41, 5.74) is 9.27. The van der Waals surface area contributed by atoms with Crippen LogP contribution in [0.4, 0.5) is 0 Å². The number of fused-ring (bicyclic) bond motifs is 1. The molecule has 15 heavy (non-hydrogen) atoms. The first kappa shape index (κ1) is 10.5. The van der Waals surface area contributed by atoms with Gasteiger partial charge in [0.1, 0.15) is 5.75 Å². The van der Waals surface area contributed by atoms with Crippen LogP contribution in [0.1, 0.15) is 43.4 Å². The van der Waals surface area contributed by atoms with Gasteiger partial charge in [0.25, 0.3) is 0 Å². The molecule has 0 unspecified atom stereocenters. The van der Waals surface area contributed by atoms with Crippen molar-refractivity contribution in [1.29, 1.82) is 0 Å². The van der Waals surface area contributed by atoms with Crippen molar-refractivity contribution in [3.05, 3.63) is 28.8 Å². The Balaban J connectivity index is 2.60. The van der Waals surface area contributed by atoms with Gasteiger partial charge in [-0.05, 0) is 56.7 Å². The number of hydrogen-bond donors (Lipinski definition) is 2. The summed E-state index contributed by atoms with van der Waals surface area (Å²) < 4.78 is 0. The van der Waals surface area contributed by atoms with Crippen LogP contribution in [0, 0.1) is 0 Å². The zero-order valence-electron chi connectivity index (χ0n) is 9.51. The van der Waals surface area contributed by atoms with Gasteiger partial charge in [-0.25, -0.2) is 0 Å². The van der Waals surface area contributed by atoms with Crippen molar-refractivity contribution in [3.63, 3.8) is 0 Å². The van der Waals surface area contributed by atoms with Crippen LogP contribution in [0.25, 0.3) is 0 Å². The van der Waals surface area contributed by atoms with E-state index in [1.807, 2.05) is 19.9 Å². The Kier molecular flexibility index (Phi) is 2.47. The number of nitrogens with two attached hydrogens (primary N) is 1. The van der Waals surface area contributed by atoms with Crippen molar-refractivity contribution in [2.24, 2.45) is 5.73 Å². The molecule has 82 valence electrons. The number of benzene rings is 1. The largest absolute Gasteiger partial charge is 0.508 e. The maximum Gasteiger partial charge on any atom is 0.120 e. The van der Waals surface area contributed by atoms with Crippen molar-refractivity contribution < 1.29 is 5.11 Å². The van der Waals surface area contributed by atoms with Crippen LogP contribution < -0.4 is 5.73 Å². The highest BCUT2D eigenvalue weighted by Gasteiger charge is 2.25. The smallest absolute Gasteiger partial charge is 0.120 e. The lowest BCUT2D eigenvalue weighted by molar-refractivity contribution is 0.434. The van der Waals surface area contributed by atoms with Crippen LogP contribution in [0.2, 0.25) is 0 Å². The Morgan fingerprint density at radius 2 is 1.87 bits per heavy atom. The summed E-state index contributed by atoms with van der Waals surface area (Å²) in [5, 5.41) is 9.92. The van der Waals surface area contributed by atoms with Gasteiger partial charge in [-0.1, -0.05) is 6.07 Å². The van der Waals surface area contributed by atoms with E-state index in [0.717, 1.165) is 18.4 Å². The number of hydrogen-bond acceptors (Lipinski definition) is 2. The van der Waals surface area contributed by atoms with E-state index in [4.69, 9.17) is 5.73 Å². The van der Waals surface area contributed by atoms with Crippen LogP contribution in [0.15, 0.2) is 12.1 Å². The number of phenolic OH excluding ortho intramolecular Hbond substituents is 1. The Morgan fingerprint density at radius 1 is 1.20 bits per heavy atom. The summed E-state index contributed by atoms with van der Waals surface area (Å²) >= 11 is 0. The molecular formula is C13H19NO. The molecule has 1 aliphatic carbocycles. The molecular weight excluding hydrogens is 186 g/mol. The lowest BCUT2D eigenvalue weighted by atomic mass is 9.81. The Labute approximate surface area is 91.1 Å². The third-order valence-electron chi connectivity index (χ3n) is 3.16. The van der Waals surface area contributed by atoms with Crippen LogP contribution in [0.5, 0.6) is 5.75 Å². The van der Waals surface area contributed by atoms with E-state index in [2.05, 4.69) is 0 Å². The van der Waals surface area contributed by atoms with E-state index in [9.17, 15) is 5.11 Å². The normalized spacial score (nSPS) is 16.2. The molecule has 0 aliphatic heterocycles. The monoisotopic (exact) mass is 205 g/mol. The molecule has 0 bridgehead atoms. The summed E-state index contributed by atoms with van der Waals surface area (Å²) in [6, 6.07) is 3.83. The van der Waals surface area contributed by atoms with Crippen molar-refractivity contribution in [2.75, 3.05) is 0 Å². The Hall–Kier alpha value is -1.02. The summed E-state index contributed by atoms with van der Waals surface area (Å²) in [6.45, 7) is 3.91. The van der Waals surface area contributed by atoms with E-state index in [1.54, 1.807) is 6.07 Å². The maximum atomic E-state index is 9.92. The topological polar surface area (TPSA) is 46.2 Å². The van der Waals surface area contributed by atoms with Crippen LogP contribution >= 0.6 is 0 Å². The first-order valence-electron chi connectivity index (χ1n) is 5.63. The molecule has 1 aromatic rings. The van der Waals surface area contributed by atoms with Gasteiger partial charge in [0.15, 0.2) is 0 Å². The SMILES string of the molecule is CC(C)(N)c1c(O)ccc2c1CCCC2. The van der Waals surface area contributed by atoms with Gasteiger partial charge in [-0.2, -0.15) is 0 Å². The minimum absolute atomic E-state index is 0.350. The van der Waals surface area contributed by atoms with Gasteiger partial charge in [-0.15, -0.1) is 0 Å². The second-order valence-electron chi connectivity index (χ2n) is 5.03. The third kappa shape index (κ3) is 1.86. The molecule has 0 aromatic heterocycles. The predicted octanol–water partition coefficient (Wildman–Crippen LogP) is 2.46. The molecule has 0 spiro atoms. The van der Waals surface area contributed by atoms with Crippen LogP contribution in [-0.2, 0) is 18.4 Å². The van der Waals surface area contributed by atoms with Crippen LogP contribution in [0.3, 0.4) is 0 Å². The van der Waals surface area contributed by atoms with Gasteiger partial charge < -0.3 is 10.8 Å². The van der Waals surface area contributed by atoms with Crippen molar-refractivity contribution in [2.45, 2.75) is 45.1 Å². The average molecular weight is 205 g/mol. The molecule has 0 saturated heterocycles. The summed E-state index contributed by atoms with van der Waals surface area (Å²) in [7, 11) is 0. The van der Waals surface area contributed by atoms with Gasteiger partial charge in [0.2, 0.25) is 0 Å². The number of aromatic hydroxyl groups is 1. The molecule has 0 amide bonds. The highest BCUT2D eigenvalue weighted by molar-refractivity contribution is 5.48. The van der Waals surface area contributed by atoms with E-state index >= 15 is 0 Å². The Morgan fingerprint density at radius 3 is 2.53 bits per heavy atom. The highest BCUT2D eigenvalue weighted by Crippen LogP contribution is 2.36. The fraction of sp³-hybridized carbons (Fsp3) is 0.538. The molecule has 3 N–H and O–H groups in total. The molecule has 0 radical (unpaired) electrons. The number of phenols is 1. The first-order chi connectivity index (χ1) is 7.00. The van der Waals surface area contributed by atoms with E-state index in [1.165, 1.54) is 24.0 Å². The van der Waals surface area contributed by atoms with E-state index < -0.39 is 5.54 Å². The lowest BCUT2D eigenvalue weighted by Gasteiger charge is -2.28. The first-order valence-corrected chi connectivity index (χ1v) is 5.63. The third-order valence-corrected chi connectivity index (χ3v) is 3.16. The molecule has 0 fully saturated rings. The molecule has 1 aromatic carbocycles. The molecule has 0 atom stereocenters. The van der Waals surface area contributed by atoms with Gasteiger partial charge in [-0.3, -0.25) is 0 Å². The minimum atomic E-state index is -0.452. The molecule has 2 heteroatoms. The van der Waals surface area contributed by atoms with Crippen molar-refractivity contribution >= 4 is 0 Å². The fourth-order valence-corrected chi connectivity index (χ4v) is 2.53. The zero-order chi connectivity index (χ0) is 11.1. The van der Waals surface area contributed by atoms with Gasteiger partial charge in [0, 0.05) is 11.1 Å². The zero-order valence-corrected chi connectivity index (χ0v) is 9.51. The van der Waals surface area contributed by atoms with Crippen molar-refractivity contribution in [3.8, 4) is 5.75 Å². The quantitative estimate of drug-likeness (QED) is 0.739. The van der Waals surface area contributed by atoms with Gasteiger partial charge in [0.05, 0.1) is 0 Å². The van der Waals surface area contributed by atoms with E-state index in [0.29, 0.717) is 5.75 Å². The maximum absolute atomic E-state index is 9.92. The second kappa shape index (κ2) is 3.53. The molecule has 0 heterocycles. The molecule has 2 nitrogen and oxygen atoms in total. The van der Waals surface area contributed by atoms with Crippen molar-refractivity contribution in [1.82, 2.24) is 0 Å². The predicted molar refractivity (Wildman–Crippen MR) is 62.0 cm³/mol. The second-order valence-corrected chi connectivity index (χ2v) is 5.03.